The van der Waals surface area contributed by atoms with Crippen LogP contribution in [0.1, 0.15) is 16.1 Å². The number of fused-ring (bicyclic) bond motifs is 1. The lowest BCUT2D eigenvalue weighted by Gasteiger charge is -2.11. The van der Waals surface area contributed by atoms with E-state index >= 15 is 0 Å². The third kappa shape index (κ3) is 3.98. The van der Waals surface area contributed by atoms with Crippen LogP contribution in [0.2, 0.25) is 0 Å². The monoisotopic (exact) mass is 391 g/mol. The van der Waals surface area contributed by atoms with Crippen LogP contribution in [0.3, 0.4) is 0 Å². The van der Waals surface area contributed by atoms with Crippen molar-refractivity contribution in [3.63, 3.8) is 0 Å². The van der Waals surface area contributed by atoms with Crippen molar-refractivity contribution in [1.29, 1.82) is 0 Å². The Morgan fingerprint density at radius 3 is 2.79 bits per heavy atom. The van der Waals surface area contributed by atoms with E-state index in [2.05, 4.69) is 5.32 Å². The summed E-state index contributed by atoms with van der Waals surface area (Å²) in [6.07, 6.45) is 3.05. The van der Waals surface area contributed by atoms with Crippen molar-refractivity contribution in [3.8, 4) is 17.2 Å². The van der Waals surface area contributed by atoms with Crippen molar-refractivity contribution in [1.82, 2.24) is 0 Å². The molecule has 4 rings (SSSR count). The number of methoxy groups -OCH3 is 1. The molecule has 0 radical (unpaired) electrons. The van der Waals surface area contributed by atoms with Crippen LogP contribution >= 0.6 is 0 Å². The zero-order chi connectivity index (χ0) is 20.2. The SMILES string of the molecule is COc1ccccc1NC(=O)COc1ccc2c(c1)OC(=Cc1ccco1)C2=O. The third-order valence-corrected chi connectivity index (χ3v) is 4.21. The fraction of sp³-hybridized carbons (Fsp3) is 0.0909. The quantitative estimate of drug-likeness (QED) is 0.641. The summed E-state index contributed by atoms with van der Waals surface area (Å²) in [5.41, 5.74) is 0.979. The van der Waals surface area contributed by atoms with Crippen LogP contribution in [0, 0.1) is 0 Å². The minimum absolute atomic E-state index is 0.168. The number of anilines is 1. The number of carbonyl (C=O) groups is 2. The van der Waals surface area contributed by atoms with Gasteiger partial charge in [-0.05, 0) is 36.4 Å². The molecule has 0 saturated heterocycles. The molecule has 7 nitrogen and oxygen atoms in total. The summed E-state index contributed by atoms with van der Waals surface area (Å²) >= 11 is 0. The number of ketones is 1. The number of furan rings is 1. The topological polar surface area (TPSA) is 87.0 Å². The molecular weight excluding hydrogens is 374 g/mol. The Bertz CT molecular complexity index is 1080. The molecule has 0 fully saturated rings. The van der Waals surface area contributed by atoms with Crippen molar-refractivity contribution in [2.24, 2.45) is 0 Å². The smallest absolute Gasteiger partial charge is 0.262 e. The number of para-hydroxylation sites is 2. The fourth-order valence-electron chi connectivity index (χ4n) is 2.84. The summed E-state index contributed by atoms with van der Waals surface area (Å²) in [5.74, 6) is 1.44. The highest BCUT2D eigenvalue weighted by atomic mass is 16.5. The Labute approximate surface area is 166 Å². The molecule has 0 unspecified atom stereocenters. The van der Waals surface area contributed by atoms with Crippen LogP contribution in [0.15, 0.2) is 71.0 Å². The van der Waals surface area contributed by atoms with Crippen LogP contribution in [-0.4, -0.2) is 25.4 Å². The summed E-state index contributed by atoms with van der Waals surface area (Å²) < 4.78 is 21.6. The van der Waals surface area contributed by atoms with Gasteiger partial charge in [0.2, 0.25) is 5.78 Å². The molecule has 1 N–H and O–H groups in total. The molecule has 0 atom stereocenters. The molecule has 0 saturated carbocycles. The summed E-state index contributed by atoms with van der Waals surface area (Å²) in [7, 11) is 1.53. The third-order valence-electron chi connectivity index (χ3n) is 4.21. The van der Waals surface area contributed by atoms with Gasteiger partial charge >= 0.3 is 0 Å². The lowest BCUT2D eigenvalue weighted by atomic mass is 10.1. The standard InChI is InChI=1S/C22H17NO6/c1-26-18-7-3-2-6-17(18)23-21(24)13-28-15-8-9-16-19(11-15)29-20(22(16)25)12-14-5-4-10-27-14/h2-12H,13H2,1H3,(H,23,24). The van der Waals surface area contributed by atoms with Gasteiger partial charge in [-0.1, -0.05) is 12.1 Å². The van der Waals surface area contributed by atoms with Crippen LogP contribution in [-0.2, 0) is 4.79 Å². The number of allylic oxidation sites excluding steroid dienone is 1. The summed E-state index contributed by atoms with van der Waals surface area (Å²) in [5, 5.41) is 2.73. The lowest BCUT2D eigenvalue weighted by Crippen LogP contribution is -2.20. The van der Waals surface area contributed by atoms with Gasteiger partial charge in [0.15, 0.2) is 12.4 Å². The second-order valence-electron chi connectivity index (χ2n) is 6.15. The van der Waals surface area contributed by atoms with Gasteiger partial charge in [0.05, 0.1) is 24.6 Å². The first-order valence-electron chi connectivity index (χ1n) is 8.81. The van der Waals surface area contributed by atoms with E-state index in [1.807, 2.05) is 6.07 Å². The first-order valence-corrected chi connectivity index (χ1v) is 8.81. The highest BCUT2D eigenvalue weighted by Gasteiger charge is 2.28. The molecule has 0 spiro atoms. The summed E-state index contributed by atoms with van der Waals surface area (Å²) in [6, 6.07) is 15.3. The summed E-state index contributed by atoms with van der Waals surface area (Å²) in [4.78, 5) is 24.6. The predicted octanol–water partition coefficient (Wildman–Crippen LogP) is 3.92. The van der Waals surface area contributed by atoms with E-state index in [1.54, 1.807) is 48.5 Å². The van der Waals surface area contributed by atoms with Crippen molar-refractivity contribution >= 4 is 23.5 Å². The number of nitrogens with one attached hydrogen (secondary N) is 1. The van der Waals surface area contributed by atoms with Crippen molar-refractivity contribution < 1.29 is 28.2 Å². The number of hydrogen-bond acceptors (Lipinski definition) is 6. The first-order chi connectivity index (χ1) is 14.1. The second kappa shape index (κ2) is 7.93. The number of hydrogen-bond donors (Lipinski definition) is 1. The molecule has 2 aromatic carbocycles. The number of amides is 1. The highest BCUT2D eigenvalue weighted by Crippen LogP contribution is 2.35. The zero-order valence-electron chi connectivity index (χ0n) is 15.5. The van der Waals surface area contributed by atoms with Gasteiger partial charge in [-0.15, -0.1) is 0 Å². The molecule has 0 aliphatic carbocycles. The minimum atomic E-state index is -0.342. The lowest BCUT2D eigenvalue weighted by molar-refractivity contribution is -0.118. The molecule has 1 amide bonds. The van der Waals surface area contributed by atoms with Gasteiger partial charge in [-0.2, -0.15) is 0 Å². The maximum atomic E-state index is 12.4. The van der Waals surface area contributed by atoms with E-state index < -0.39 is 0 Å². The predicted molar refractivity (Wildman–Crippen MR) is 105 cm³/mol. The van der Waals surface area contributed by atoms with Crippen molar-refractivity contribution in [2.45, 2.75) is 0 Å². The number of carbonyl (C=O) groups excluding carboxylic acids is 2. The number of Topliss-reactive ketones (excluding diaryl/α,β-unsaturated/α-hetero) is 1. The number of ether oxygens (including phenoxy) is 3. The van der Waals surface area contributed by atoms with Crippen LogP contribution in [0.25, 0.3) is 6.08 Å². The largest absolute Gasteiger partial charge is 0.495 e. The Morgan fingerprint density at radius 2 is 2.00 bits per heavy atom. The van der Waals surface area contributed by atoms with E-state index in [1.165, 1.54) is 19.4 Å². The Kier molecular flexibility index (Phi) is 5.03. The van der Waals surface area contributed by atoms with E-state index in [0.29, 0.717) is 34.3 Å². The molecule has 146 valence electrons. The van der Waals surface area contributed by atoms with Gasteiger partial charge in [0.1, 0.15) is 23.0 Å². The maximum Gasteiger partial charge on any atom is 0.262 e. The van der Waals surface area contributed by atoms with Gasteiger partial charge in [-0.25, -0.2) is 0 Å². The number of rotatable bonds is 6. The highest BCUT2D eigenvalue weighted by molar-refractivity contribution is 6.14. The van der Waals surface area contributed by atoms with E-state index in [-0.39, 0.29) is 24.1 Å². The van der Waals surface area contributed by atoms with Crippen LogP contribution in [0.5, 0.6) is 17.2 Å². The normalized spacial score (nSPS) is 13.7. The molecular formula is C22H17NO6. The second-order valence-corrected chi connectivity index (χ2v) is 6.15. The molecule has 2 heterocycles. The molecule has 1 aliphatic heterocycles. The van der Waals surface area contributed by atoms with Crippen molar-refractivity contribution in [2.75, 3.05) is 19.0 Å². The number of benzene rings is 2. The Morgan fingerprint density at radius 1 is 1.14 bits per heavy atom. The Hall–Kier alpha value is -4.00. The van der Waals surface area contributed by atoms with Gasteiger partial charge in [0.25, 0.3) is 5.91 Å². The minimum Gasteiger partial charge on any atom is -0.495 e. The van der Waals surface area contributed by atoms with Gasteiger partial charge in [-0.3, -0.25) is 9.59 Å². The molecule has 7 heteroatoms. The molecule has 1 aromatic heterocycles. The van der Waals surface area contributed by atoms with Crippen LogP contribution < -0.4 is 19.5 Å². The molecule has 1 aliphatic rings. The first kappa shape index (κ1) is 18.4. The van der Waals surface area contributed by atoms with Crippen LogP contribution in [0.4, 0.5) is 5.69 Å². The van der Waals surface area contributed by atoms with Gasteiger partial charge < -0.3 is 23.9 Å². The average molecular weight is 391 g/mol. The van der Waals surface area contributed by atoms with Gasteiger partial charge in [0, 0.05) is 12.1 Å². The van der Waals surface area contributed by atoms with E-state index in [4.69, 9.17) is 18.6 Å². The average Bonchev–Trinajstić information content (AvgIpc) is 3.35. The maximum absolute atomic E-state index is 12.4. The van der Waals surface area contributed by atoms with E-state index in [9.17, 15) is 9.59 Å². The molecule has 29 heavy (non-hydrogen) atoms. The fourth-order valence-corrected chi connectivity index (χ4v) is 2.84. The summed E-state index contributed by atoms with van der Waals surface area (Å²) in [6.45, 7) is -0.208. The molecule has 0 bridgehead atoms. The zero-order valence-corrected chi connectivity index (χ0v) is 15.5. The van der Waals surface area contributed by atoms with E-state index in [0.717, 1.165) is 0 Å². The molecule has 3 aromatic rings. The van der Waals surface area contributed by atoms with Crippen molar-refractivity contribution in [3.05, 3.63) is 77.9 Å². The Balaban J connectivity index is 1.41.